The van der Waals surface area contributed by atoms with Crippen molar-refractivity contribution in [1.82, 2.24) is 14.7 Å². The second kappa shape index (κ2) is 4.32. The van der Waals surface area contributed by atoms with Crippen LogP contribution in [0.25, 0.3) is 5.65 Å². The number of rotatable bonds is 3. The summed E-state index contributed by atoms with van der Waals surface area (Å²) in [6.07, 6.45) is 3.61. The molecule has 16 heavy (non-hydrogen) atoms. The molecular weight excluding hydrogens is 206 g/mol. The van der Waals surface area contributed by atoms with Crippen molar-refractivity contribution in [2.45, 2.75) is 6.54 Å². The number of imidazole rings is 1. The maximum atomic E-state index is 11.3. The summed E-state index contributed by atoms with van der Waals surface area (Å²) in [4.78, 5) is 15.5. The summed E-state index contributed by atoms with van der Waals surface area (Å²) in [5, 5.41) is 3.06. The average molecular weight is 219 g/mol. The summed E-state index contributed by atoms with van der Waals surface area (Å²) in [6, 6.07) is 3.44. The van der Waals surface area contributed by atoms with Crippen LogP contribution in [0.15, 0.2) is 24.5 Å². The fourth-order valence-corrected chi connectivity index (χ4v) is 1.59. The lowest BCUT2D eigenvalue weighted by Gasteiger charge is -2.02. The van der Waals surface area contributed by atoms with Gasteiger partial charge < -0.3 is 14.5 Å². The first kappa shape index (κ1) is 10.6. The van der Waals surface area contributed by atoms with Gasteiger partial charge in [0.05, 0.1) is 24.6 Å². The highest BCUT2D eigenvalue weighted by Gasteiger charge is 2.08. The molecule has 0 saturated carbocycles. The number of aromatic nitrogens is 2. The molecule has 84 valence electrons. The zero-order valence-corrected chi connectivity index (χ0v) is 9.23. The van der Waals surface area contributed by atoms with Gasteiger partial charge in [0.2, 0.25) is 0 Å². The van der Waals surface area contributed by atoms with Crippen molar-refractivity contribution in [1.29, 1.82) is 0 Å². The Morgan fingerprint density at radius 3 is 3.12 bits per heavy atom. The van der Waals surface area contributed by atoms with E-state index in [1.54, 1.807) is 18.3 Å². The molecule has 0 bridgehead atoms. The highest BCUT2D eigenvalue weighted by atomic mass is 16.5. The Bertz CT molecular complexity index is 519. The molecule has 0 aliphatic rings. The molecule has 2 aromatic rings. The van der Waals surface area contributed by atoms with Crippen molar-refractivity contribution >= 4 is 11.6 Å². The van der Waals surface area contributed by atoms with Gasteiger partial charge in [-0.1, -0.05) is 0 Å². The van der Waals surface area contributed by atoms with Crippen molar-refractivity contribution in [3.63, 3.8) is 0 Å². The van der Waals surface area contributed by atoms with Crippen LogP contribution in [-0.4, -0.2) is 29.5 Å². The van der Waals surface area contributed by atoms with Crippen LogP contribution in [0.5, 0.6) is 0 Å². The van der Waals surface area contributed by atoms with Crippen LogP contribution in [0.1, 0.15) is 16.1 Å². The van der Waals surface area contributed by atoms with Gasteiger partial charge in [-0.3, -0.25) is 0 Å². The molecule has 0 fully saturated rings. The third-order valence-electron chi connectivity index (χ3n) is 2.37. The molecule has 2 aromatic heterocycles. The van der Waals surface area contributed by atoms with E-state index in [0.717, 1.165) is 17.9 Å². The summed E-state index contributed by atoms with van der Waals surface area (Å²) in [7, 11) is 3.24. The van der Waals surface area contributed by atoms with Crippen molar-refractivity contribution in [3.05, 3.63) is 35.8 Å². The van der Waals surface area contributed by atoms with Gasteiger partial charge in [0.15, 0.2) is 0 Å². The predicted octanol–water partition coefficient (Wildman–Crippen LogP) is 0.840. The van der Waals surface area contributed by atoms with E-state index in [-0.39, 0.29) is 5.97 Å². The molecule has 0 aliphatic heterocycles. The van der Waals surface area contributed by atoms with Gasteiger partial charge in [-0.2, -0.15) is 0 Å². The van der Waals surface area contributed by atoms with E-state index in [9.17, 15) is 4.79 Å². The van der Waals surface area contributed by atoms with Crippen LogP contribution in [0.2, 0.25) is 0 Å². The van der Waals surface area contributed by atoms with Gasteiger partial charge in [-0.05, 0) is 19.2 Å². The highest BCUT2D eigenvalue weighted by Crippen LogP contribution is 2.10. The highest BCUT2D eigenvalue weighted by molar-refractivity contribution is 5.90. The molecule has 2 rings (SSSR count). The molecule has 5 nitrogen and oxygen atoms in total. The lowest BCUT2D eigenvalue weighted by Crippen LogP contribution is -2.08. The Kier molecular flexibility index (Phi) is 2.87. The lowest BCUT2D eigenvalue weighted by atomic mass is 10.2. The predicted molar refractivity (Wildman–Crippen MR) is 59.3 cm³/mol. The summed E-state index contributed by atoms with van der Waals surface area (Å²) in [5.74, 6) is -0.347. The standard InChI is InChI=1S/C11H13N3O2/c1-12-6-9-7-13-10-5-8(11(15)16-2)3-4-14(9)10/h3-5,7,12H,6H2,1-2H3. The molecule has 5 heteroatoms. The minimum Gasteiger partial charge on any atom is -0.465 e. The quantitative estimate of drug-likeness (QED) is 0.777. The number of carbonyl (C=O) groups excluding carboxylic acids is 1. The van der Waals surface area contributed by atoms with Crippen molar-refractivity contribution in [3.8, 4) is 0 Å². The van der Waals surface area contributed by atoms with Crippen LogP contribution in [0.3, 0.4) is 0 Å². The fraction of sp³-hybridized carbons (Fsp3) is 0.273. The topological polar surface area (TPSA) is 55.6 Å². The van der Waals surface area contributed by atoms with E-state index in [4.69, 9.17) is 0 Å². The van der Waals surface area contributed by atoms with Gasteiger partial charge in [0.1, 0.15) is 5.65 Å². The number of ether oxygens (including phenoxy) is 1. The smallest absolute Gasteiger partial charge is 0.338 e. The van der Waals surface area contributed by atoms with Crippen LogP contribution in [-0.2, 0) is 11.3 Å². The molecule has 1 N–H and O–H groups in total. The van der Waals surface area contributed by atoms with E-state index in [1.807, 2.05) is 17.6 Å². The number of pyridine rings is 1. The van der Waals surface area contributed by atoms with E-state index in [0.29, 0.717) is 5.56 Å². The zero-order valence-electron chi connectivity index (χ0n) is 9.23. The summed E-state index contributed by atoms with van der Waals surface area (Å²) >= 11 is 0. The monoisotopic (exact) mass is 219 g/mol. The van der Waals surface area contributed by atoms with Gasteiger partial charge in [-0.15, -0.1) is 0 Å². The summed E-state index contributed by atoms with van der Waals surface area (Å²) in [5.41, 5.74) is 2.30. The third kappa shape index (κ3) is 1.77. The molecule has 0 saturated heterocycles. The minimum absolute atomic E-state index is 0.347. The van der Waals surface area contributed by atoms with Crippen LogP contribution in [0, 0.1) is 0 Å². The molecule has 2 heterocycles. The third-order valence-corrected chi connectivity index (χ3v) is 2.37. The molecular formula is C11H13N3O2. The Balaban J connectivity index is 2.44. The number of nitrogens with zero attached hydrogens (tertiary/aromatic N) is 2. The molecule has 0 aliphatic carbocycles. The Morgan fingerprint density at radius 1 is 1.62 bits per heavy atom. The number of hydrogen-bond donors (Lipinski definition) is 1. The van der Waals surface area contributed by atoms with E-state index in [2.05, 4.69) is 15.0 Å². The second-order valence-electron chi connectivity index (χ2n) is 3.42. The molecule has 0 unspecified atom stereocenters. The maximum Gasteiger partial charge on any atom is 0.338 e. The Labute approximate surface area is 93.1 Å². The van der Waals surface area contributed by atoms with E-state index < -0.39 is 0 Å². The van der Waals surface area contributed by atoms with Crippen LogP contribution >= 0.6 is 0 Å². The molecule has 0 spiro atoms. The number of carbonyl (C=O) groups is 1. The number of nitrogens with one attached hydrogen (secondary N) is 1. The summed E-state index contributed by atoms with van der Waals surface area (Å²) < 4.78 is 6.58. The normalized spacial score (nSPS) is 10.6. The molecule has 0 amide bonds. The maximum absolute atomic E-state index is 11.3. The van der Waals surface area contributed by atoms with Crippen LogP contribution < -0.4 is 5.32 Å². The largest absolute Gasteiger partial charge is 0.465 e. The molecule has 0 aromatic carbocycles. The Morgan fingerprint density at radius 2 is 2.44 bits per heavy atom. The van der Waals surface area contributed by atoms with Crippen molar-refractivity contribution < 1.29 is 9.53 Å². The zero-order chi connectivity index (χ0) is 11.5. The van der Waals surface area contributed by atoms with Crippen LogP contribution in [0.4, 0.5) is 0 Å². The molecule has 0 radical (unpaired) electrons. The SMILES string of the molecule is CNCc1cnc2cc(C(=O)OC)ccn12. The number of hydrogen-bond acceptors (Lipinski definition) is 4. The first-order chi connectivity index (χ1) is 7.76. The minimum atomic E-state index is -0.347. The molecule has 0 atom stereocenters. The number of fused-ring (bicyclic) bond motifs is 1. The van der Waals surface area contributed by atoms with Crippen molar-refractivity contribution in [2.75, 3.05) is 14.2 Å². The van der Waals surface area contributed by atoms with Gasteiger partial charge in [0.25, 0.3) is 0 Å². The van der Waals surface area contributed by atoms with Gasteiger partial charge >= 0.3 is 5.97 Å². The first-order valence-electron chi connectivity index (χ1n) is 4.95. The van der Waals surface area contributed by atoms with E-state index in [1.165, 1.54) is 7.11 Å². The van der Waals surface area contributed by atoms with Gasteiger partial charge in [-0.25, -0.2) is 9.78 Å². The number of methoxy groups -OCH3 is 1. The van der Waals surface area contributed by atoms with Gasteiger partial charge in [0, 0.05) is 12.7 Å². The first-order valence-corrected chi connectivity index (χ1v) is 4.95. The average Bonchev–Trinajstić information content (AvgIpc) is 2.71. The lowest BCUT2D eigenvalue weighted by molar-refractivity contribution is 0.0600. The number of esters is 1. The fourth-order valence-electron chi connectivity index (χ4n) is 1.59. The second-order valence-corrected chi connectivity index (χ2v) is 3.42. The van der Waals surface area contributed by atoms with Crippen molar-refractivity contribution in [2.24, 2.45) is 0 Å². The Hall–Kier alpha value is -1.88. The van der Waals surface area contributed by atoms with E-state index >= 15 is 0 Å². The summed E-state index contributed by atoms with van der Waals surface area (Å²) in [6.45, 7) is 0.735.